The molecule has 0 aromatic carbocycles. The lowest BCUT2D eigenvalue weighted by atomic mass is 9.78. The van der Waals surface area contributed by atoms with E-state index < -0.39 is 0 Å². The normalized spacial score (nSPS) is 18.2. The van der Waals surface area contributed by atoms with Crippen LogP contribution in [0, 0.1) is 5.41 Å². The molecule has 0 atom stereocenters. The fourth-order valence-corrected chi connectivity index (χ4v) is 2.92. The summed E-state index contributed by atoms with van der Waals surface area (Å²) >= 11 is 0. The minimum absolute atomic E-state index is 0.280. The molecule has 1 rings (SSSR count). The zero-order chi connectivity index (χ0) is 15.0. The molecule has 5 nitrogen and oxygen atoms in total. The van der Waals surface area contributed by atoms with E-state index in [0.717, 1.165) is 52.0 Å². The molecule has 0 saturated carbocycles. The predicted octanol–water partition coefficient (Wildman–Crippen LogP) is 0.803. The van der Waals surface area contributed by atoms with E-state index in [-0.39, 0.29) is 11.3 Å². The molecular formula is C15H31N3O2. The first-order chi connectivity index (χ1) is 9.55. The molecule has 1 heterocycles. The average Bonchev–Trinajstić information content (AvgIpc) is 2.44. The van der Waals surface area contributed by atoms with E-state index in [4.69, 9.17) is 4.74 Å². The number of nitrogens with one attached hydrogen (secondary N) is 1. The van der Waals surface area contributed by atoms with E-state index in [1.165, 1.54) is 0 Å². The third-order valence-corrected chi connectivity index (χ3v) is 4.14. The summed E-state index contributed by atoms with van der Waals surface area (Å²) in [6.45, 7) is 7.06. The Hall–Kier alpha value is -0.650. The Bertz CT molecular complexity index is 283. The summed E-state index contributed by atoms with van der Waals surface area (Å²) in [6, 6.07) is 0. The Morgan fingerprint density at radius 2 is 1.90 bits per heavy atom. The molecule has 1 saturated heterocycles. The predicted molar refractivity (Wildman–Crippen MR) is 81.8 cm³/mol. The summed E-state index contributed by atoms with van der Waals surface area (Å²) in [5.41, 5.74) is -0.311. The van der Waals surface area contributed by atoms with Gasteiger partial charge in [0.25, 0.3) is 0 Å². The van der Waals surface area contributed by atoms with Crippen molar-refractivity contribution in [2.24, 2.45) is 5.41 Å². The standard InChI is InChI=1S/C15H31N3O2/c1-5-18(12-6-11-17(2)3)14(19)15(13-20-4)7-9-16-10-8-15/h16H,5-13H2,1-4H3. The van der Waals surface area contributed by atoms with Gasteiger partial charge < -0.3 is 19.9 Å². The van der Waals surface area contributed by atoms with Crippen LogP contribution in [0.15, 0.2) is 0 Å². The van der Waals surface area contributed by atoms with Crippen molar-refractivity contribution in [2.45, 2.75) is 26.2 Å². The minimum atomic E-state index is -0.311. The molecule has 0 aromatic rings. The van der Waals surface area contributed by atoms with Gasteiger partial charge >= 0.3 is 0 Å². The van der Waals surface area contributed by atoms with Gasteiger partial charge in [-0.25, -0.2) is 0 Å². The molecule has 0 radical (unpaired) electrons. The summed E-state index contributed by atoms with van der Waals surface area (Å²) in [5, 5.41) is 3.33. The highest BCUT2D eigenvalue weighted by molar-refractivity contribution is 5.83. The molecule has 0 aliphatic carbocycles. The first-order valence-electron chi connectivity index (χ1n) is 7.69. The maximum absolute atomic E-state index is 12.9. The zero-order valence-corrected chi connectivity index (χ0v) is 13.6. The molecule has 1 N–H and O–H groups in total. The Morgan fingerprint density at radius 3 is 2.40 bits per heavy atom. The maximum Gasteiger partial charge on any atom is 0.231 e. The number of hydrogen-bond acceptors (Lipinski definition) is 4. The van der Waals surface area contributed by atoms with Crippen molar-refractivity contribution >= 4 is 5.91 Å². The van der Waals surface area contributed by atoms with Crippen molar-refractivity contribution in [3.8, 4) is 0 Å². The smallest absolute Gasteiger partial charge is 0.231 e. The molecular weight excluding hydrogens is 254 g/mol. The monoisotopic (exact) mass is 285 g/mol. The Kier molecular flexibility index (Phi) is 7.48. The lowest BCUT2D eigenvalue weighted by Crippen LogP contribution is -2.52. The highest BCUT2D eigenvalue weighted by atomic mass is 16.5. The number of carbonyl (C=O) groups excluding carboxylic acids is 1. The van der Waals surface area contributed by atoms with Gasteiger partial charge in [-0.1, -0.05) is 0 Å². The number of amides is 1. The van der Waals surface area contributed by atoms with Crippen LogP contribution in [0.2, 0.25) is 0 Å². The van der Waals surface area contributed by atoms with Crippen LogP contribution in [-0.4, -0.2) is 76.2 Å². The van der Waals surface area contributed by atoms with E-state index in [2.05, 4.69) is 31.2 Å². The molecule has 0 unspecified atom stereocenters. The number of ether oxygens (including phenoxy) is 1. The largest absolute Gasteiger partial charge is 0.384 e. The van der Waals surface area contributed by atoms with Crippen molar-refractivity contribution in [3.63, 3.8) is 0 Å². The summed E-state index contributed by atoms with van der Waals surface area (Å²) < 4.78 is 5.36. The fraction of sp³-hybridized carbons (Fsp3) is 0.933. The fourth-order valence-electron chi connectivity index (χ4n) is 2.92. The molecule has 0 aromatic heterocycles. The van der Waals surface area contributed by atoms with Crippen LogP contribution in [0.4, 0.5) is 0 Å². The van der Waals surface area contributed by atoms with E-state index >= 15 is 0 Å². The molecule has 1 fully saturated rings. The molecule has 1 aliphatic heterocycles. The third kappa shape index (κ3) is 4.72. The van der Waals surface area contributed by atoms with Crippen LogP contribution >= 0.6 is 0 Å². The van der Waals surface area contributed by atoms with E-state index in [9.17, 15) is 4.79 Å². The summed E-state index contributed by atoms with van der Waals surface area (Å²) in [7, 11) is 5.83. The highest BCUT2D eigenvalue weighted by Crippen LogP contribution is 2.31. The summed E-state index contributed by atoms with van der Waals surface area (Å²) in [5.74, 6) is 0.280. The second-order valence-corrected chi connectivity index (χ2v) is 6.00. The van der Waals surface area contributed by atoms with Gasteiger partial charge in [-0.3, -0.25) is 4.79 Å². The van der Waals surface area contributed by atoms with Crippen LogP contribution in [0.1, 0.15) is 26.2 Å². The Labute approximate surface area is 123 Å². The van der Waals surface area contributed by atoms with Gasteiger partial charge in [-0.15, -0.1) is 0 Å². The van der Waals surface area contributed by atoms with Crippen molar-refractivity contribution < 1.29 is 9.53 Å². The molecule has 1 amide bonds. The van der Waals surface area contributed by atoms with Crippen LogP contribution in [-0.2, 0) is 9.53 Å². The van der Waals surface area contributed by atoms with Gasteiger partial charge in [0, 0.05) is 20.2 Å². The van der Waals surface area contributed by atoms with Crippen molar-refractivity contribution in [1.29, 1.82) is 0 Å². The number of nitrogens with zero attached hydrogens (tertiary/aromatic N) is 2. The van der Waals surface area contributed by atoms with Crippen LogP contribution in [0.25, 0.3) is 0 Å². The van der Waals surface area contributed by atoms with Gasteiger partial charge in [-0.05, 0) is 59.9 Å². The molecule has 0 bridgehead atoms. The van der Waals surface area contributed by atoms with E-state index in [1.54, 1.807) is 7.11 Å². The summed E-state index contributed by atoms with van der Waals surface area (Å²) in [6.07, 6.45) is 2.78. The van der Waals surface area contributed by atoms with Gasteiger partial charge in [0.1, 0.15) is 0 Å². The van der Waals surface area contributed by atoms with E-state index in [1.807, 2.05) is 4.90 Å². The number of piperidine rings is 1. The van der Waals surface area contributed by atoms with Crippen molar-refractivity contribution in [1.82, 2.24) is 15.1 Å². The molecule has 0 spiro atoms. The number of rotatable bonds is 8. The first-order valence-corrected chi connectivity index (χ1v) is 7.69. The van der Waals surface area contributed by atoms with Crippen molar-refractivity contribution in [3.05, 3.63) is 0 Å². The summed E-state index contributed by atoms with van der Waals surface area (Å²) in [4.78, 5) is 17.1. The van der Waals surface area contributed by atoms with Gasteiger partial charge in [0.05, 0.1) is 12.0 Å². The van der Waals surface area contributed by atoms with Gasteiger partial charge in [0.2, 0.25) is 5.91 Å². The maximum atomic E-state index is 12.9. The van der Waals surface area contributed by atoms with Crippen molar-refractivity contribution in [2.75, 3.05) is 60.5 Å². The SMILES string of the molecule is CCN(CCCN(C)C)C(=O)C1(COC)CCNCC1. The topological polar surface area (TPSA) is 44.8 Å². The van der Waals surface area contributed by atoms with Gasteiger partial charge in [0.15, 0.2) is 0 Å². The van der Waals surface area contributed by atoms with Crippen LogP contribution < -0.4 is 5.32 Å². The molecule has 20 heavy (non-hydrogen) atoms. The third-order valence-electron chi connectivity index (χ3n) is 4.14. The van der Waals surface area contributed by atoms with Crippen LogP contribution in [0.5, 0.6) is 0 Å². The number of hydrogen-bond donors (Lipinski definition) is 1. The number of carbonyl (C=O) groups is 1. The molecule has 118 valence electrons. The average molecular weight is 285 g/mol. The lowest BCUT2D eigenvalue weighted by Gasteiger charge is -2.39. The Morgan fingerprint density at radius 1 is 1.25 bits per heavy atom. The second-order valence-electron chi connectivity index (χ2n) is 6.00. The lowest BCUT2D eigenvalue weighted by molar-refractivity contribution is -0.147. The number of methoxy groups -OCH3 is 1. The highest BCUT2D eigenvalue weighted by Gasteiger charge is 2.41. The zero-order valence-electron chi connectivity index (χ0n) is 13.6. The van der Waals surface area contributed by atoms with Gasteiger partial charge in [-0.2, -0.15) is 0 Å². The molecule has 5 heteroatoms. The quantitative estimate of drug-likeness (QED) is 0.716. The minimum Gasteiger partial charge on any atom is -0.384 e. The second kappa shape index (κ2) is 8.60. The van der Waals surface area contributed by atoms with Crippen LogP contribution in [0.3, 0.4) is 0 Å². The Balaban J connectivity index is 2.65. The molecule has 1 aliphatic rings. The first kappa shape index (κ1) is 17.4. The van der Waals surface area contributed by atoms with E-state index in [0.29, 0.717) is 6.61 Å².